The molecular formula is C10H22N2S. The number of unbranched alkanes of at least 4 members (excludes halogenated alkanes) is 4. The van der Waals surface area contributed by atoms with E-state index < -0.39 is 0 Å². The first-order valence-electron chi connectivity index (χ1n) is 5.33. The van der Waals surface area contributed by atoms with Gasteiger partial charge in [0.1, 0.15) is 0 Å². The van der Waals surface area contributed by atoms with Gasteiger partial charge in [0.05, 0.1) is 0 Å². The second-order valence-corrected chi connectivity index (χ2v) is 3.61. The average Bonchev–Trinajstić information content (AvgIpc) is 2.11. The Balaban J connectivity index is 3.02. The van der Waals surface area contributed by atoms with Gasteiger partial charge in [-0.25, -0.2) is 0 Å². The van der Waals surface area contributed by atoms with Gasteiger partial charge in [-0.1, -0.05) is 32.6 Å². The van der Waals surface area contributed by atoms with Crippen LogP contribution in [0.25, 0.3) is 0 Å². The highest BCUT2D eigenvalue weighted by atomic mass is 32.1. The molecule has 0 aromatic carbocycles. The van der Waals surface area contributed by atoms with Crippen LogP contribution in [0.5, 0.6) is 0 Å². The van der Waals surface area contributed by atoms with Gasteiger partial charge in [-0.05, 0) is 25.6 Å². The lowest BCUT2D eigenvalue weighted by molar-refractivity contribution is 0.622. The van der Waals surface area contributed by atoms with Crippen LogP contribution in [0.2, 0.25) is 0 Å². The maximum atomic E-state index is 5.03. The normalized spacial score (nSPS) is 9.69. The first kappa shape index (κ1) is 12.7. The van der Waals surface area contributed by atoms with Gasteiger partial charge in [0, 0.05) is 13.1 Å². The minimum Gasteiger partial charge on any atom is -0.363 e. The van der Waals surface area contributed by atoms with E-state index in [1.54, 1.807) is 0 Å². The lowest BCUT2D eigenvalue weighted by Crippen LogP contribution is -2.35. The molecule has 0 fully saturated rings. The monoisotopic (exact) mass is 202 g/mol. The molecule has 0 amide bonds. The smallest absolute Gasteiger partial charge is 0.166 e. The predicted molar refractivity (Wildman–Crippen MR) is 63.0 cm³/mol. The van der Waals surface area contributed by atoms with Crippen LogP contribution < -0.4 is 10.6 Å². The average molecular weight is 202 g/mol. The largest absolute Gasteiger partial charge is 0.363 e. The van der Waals surface area contributed by atoms with E-state index in [-0.39, 0.29) is 0 Å². The molecule has 2 N–H and O–H groups in total. The number of hydrogen-bond donors (Lipinski definition) is 2. The van der Waals surface area contributed by atoms with Crippen molar-refractivity contribution >= 4 is 17.3 Å². The van der Waals surface area contributed by atoms with Crippen molar-refractivity contribution in [2.75, 3.05) is 13.1 Å². The quantitative estimate of drug-likeness (QED) is 0.490. The summed E-state index contributed by atoms with van der Waals surface area (Å²) in [5.74, 6) is 0. The molecule has 3 heteroatoms. The van der Waals surface area contributed by atoms with E-state index in [4.69, 9.17) is 12.2 Å². The van der Waals surface area contributed by atoms with E-state index in [1.165, 1.54) is 32.1 Å². The summed E-state index contributed by atoms with van der Waals surface area (Å²) in [4.78, 5) is 0. The Morgan fingerprint density at radius 1 is 1.00 bits per heavy atom. The second kappa shape index (κ2) is 9.78. The molecule has 0 aliphatic heterocycles. The highest BCUT2D eigenvalue weighted by Crippen LogP contribution is 2.00. The van der Waals surface area contributed by atoms with Crippen LogP contribution in [0.1, 0.15) is 46.0 Å². The summed E-state index contributed by atoms with van der Waals surface area (Å²) in [6.07, 6.45) is 6.56. The Kier molecular flexibility index (Phi) is 9.54. The number of hydrogen-bond acceptors (Lipinski definition) is 1. The SMILES string of the molecule is CCCCCCCNC(=S)NCC. The molecule has 0 bridgehead atoms. The molecule has 13 heavy (non-hydrogen) atoms. The lowest BCUT2D eigenvalue weighted by Gasteiger charge is -2.07. The van der Waals surface area contributed by atoms with Crippen LogP contribution in [-0.2, 0) is 0 Å². The Labute approximate surface area is 87.5 Å². The van der Waals surface area contributed by atoms with E-state index >= 15 is 0 Å². The summed E-state index contributed by atoms with van der Waals surface area (Å²) in [6.45, 7) is 6.20. The zero-order valence-electron chi connectivity index (χ0n) is 8.86. The predicted octanol–water partition coefficient (Wildman–Crippen LogP) is 2.44. The fraction of sp³-hybridized carbons (Fsp3) is 0.900. The van der Waals surface area contributed by atoms with Gasteiger partial charge < -0.3 is 10.6 Å². The summed E-state index contributed by atoms with van der Waals surface area (Å²) >= 11 is 5.03. The molecule has 0 saturated carbocycles. The first-order chi connectivity index (χ1) is 6.31. The van der Waals surface area contributed by atoms with Gasteiger partial charge in [-0.3, -0.25) is 0 Å². The van der Waals surface area contributed by atoms with Crippen LogP contribution in [0, 0.1) is 0 Å². The van der Waals surface area contributed by atoms with Crippen molar-refractivity contribution < 1.29 is 0 Å². The molecule has 0 unspecified atom stereocenters. The molecule has 0 aromatic heterocycles. The fourth-order valence-electron chi connectivity index (χ4n) is 1.15. The van der Waals surface area contributed by atoms with Gasteiger partial charge in [-0.2, -0.15) is 0 Å². The molecule has 2 nitrogen and oxygen atoms in total. The van der Waals surface area contributed by atoms with Crippen LogP contribution in [0.15, 0.2) is 0 Å². The van der Waals surface area contributed by atoms with Crippen LogP contribution in [-0.4, -0.2) is 18.2 Å². The molecule has 78 valence electrons. The van der Waals surface area contributed by atoms with Crippen molar-refractivity contribution in [1.82, 2.24) is 10.6 Å². The highest BCUT2D eigenvalue weighted by Gasteiger charge is 1.92. The standard InChI is InChI=1S/C10H22N2S/c1-3-5-6-7-8-9-12-10(13)11-4-2/h3-9H2,1-2H3,(H2,11,12,13). The van der Waals surface area contributed by atoms with Gasteiger partial charge in [-0.15, -0.1) is 0 Å². The van der Waals surface area contributed by atoms with Crippen LogP contribution >= 0.6 is 12.2 Å². The van der Waals surface area contributed by atoms with Gasteiger partial charge in [0.2, 0.25) is 0 Å². The summed E-state index contributed by atoms with van der Waals surface area (Å²) in [6, 6.07) is 0. The Bertz CT molecular complexity index is 126. The lowest BCUT2D eigenvalue weighted by atomic mass is 10.1. The van der Waals surface area contributed by atoms with Gasteiger partial charge in [0.25, 0.3) is 0 Å². The topological polar surface area (TPSA) is 24.1 Å². The zero-order valence-corrected chi connectivity index (χ0v) is 9.67. The molecule has 0 saturated heterocycles. The molecule has 0 aromatic rings. The third-order valence-electron chi connectivity index (χ3n) is 1.90. The Morgan fingerprint density at radius 2 is 1.69 bits per heavy atom. The molecule has 0 heterocycles. The minimum absolute atomic E-state index is 0.790. The van der Waals surface area contributed by atoms with Crippen molar-refractivity contribution in [1.29, 1.82) is 0 Å². The summed E-state index contributed by atoms with van der Waals surface area (Å²) in [5.41, 5.74) is 0. The molecule has 0 spiro atoms. The first-order valence-corrected chi connectivity index (χ1v) is 5.73. The molecule has 0 atom stereocenters. The maximum Gasteiger partial charge on any atom is 0.166 e. The number of rotatable bonds is 7. The molecular weight excluding hydrogens is 180 g/mol. The highest BCUT2D eigenvalue weighted by molar-refractivity contribution is 7.80. The number of nitrogens with one attached hydrogen (secondary N) is 2. The minimum atomic E-state index is 0.790. The van der Waals surface area contributed by atoms with Gasteiger partial charge in [0.15, 0.2) is 5.11 Å². The van der Waals surface area contributed by atoms with Crippen molar-refractivity contribution in [2.45, 2.75) is 46.0 Å². The van der Waals surface area contributed by atoms with E-state index in [0.29, 0.717) is 0 Å². The Morgan fingerprint density at radius 3 is 2.31 bits per heavy atom. The summed E-state index contributed by atoms with van der Waals surface area (Å²) in [5, 5.41) is 7.04. The van der Waals surface area contributed by atoms with Crippen molar-refractivity contribution in [3.8, 4) is 0 Å². The van der Waals surface area contributed by atoms with Crippen LogP contribution in [0.3, 0.4) is 0 Å². The van der Waals surface area contributed by atoms with Gasteiger partial charge >= 0.3 is 0 Å². The van der Waals surface area contributed by atoms with Crippen LogP contribution in [0.4, 0.5) is 0 Å². The zero-order chi connectivity index (χ0) is 9.94. The van der Waals surface area contributed by atoms with Crippen molar-refractivity contribution in [3.63, 3.8) is 0 Å². The van der Waals surface area contributed by atoms with E-state index in [9.17, 15) is 0 Å². The molecule has 0 aliphatic rings. The van der Waals surface area contributed by atoms with E-state index in [1.807, 2.05) is 0 Å². The number of thiocarbonyl (C=S) groups is 1. The maximum absolute atomic E-state index is 5.03. The summed E-state index contributed by atoms with van der Waals surface area (Å²) < 4.78 is 0. The molecule has 0 aliphatic carbocycles. The third-order valence-corrected chi connectivity index (χ3v) is 2.19. The van der Waals surface area contributed by atoms with E-state index in [2.05, 4.69) is 24.5 Å². The third kappa shape index (κ3) is 9.61. The molecule has 0 rings (SSSR count). The van der Waals surface area contributed by atoms with Crippen molar-refractivity contribution in [2.24, 2.45) is 0 Å². The summed E-state index contributed by atoms with van der Waals surface area (Å²) in [7, 11) is 0. The molecule has 0 radical (unpaired) electrons. The fourth-order valence-corrected chi connectivity index (χ4v) is 1.40. The van der Waals surface area contributed by atoms with E-state index in [0.717, 1.165) is 18.2 Å². The second-order valence-electron chi connectivity index (χ2n) is 3.20. The van der Waals surface area contributed by atoms with Crippen molar-refractivity contribution in [3.05, 3.63) is 0 Å². The Hall–Kier alpha value is -0.310.